The third-order valence-electron chi connectivity index (χ3n) is 4.56. The standard InChI is InChI=1S/C21H35Cl.H3N/c1-2-3-4-5-6-7-8-9-10-11-12-13-16-20-17-14-15-18-21(20)19-22;/h14-15,17-18H,2-13,16,19H2,1H3;1H3. The molecule has 0 saturated carbocycles. The molecule has 0 aliphatic heterocycles. The normalized spacial score (nSPS) is 10.5. The third-order valence-corrected chi connectivity index (χ3v) is 4.85. The van der Waals surface area contributed by atoms with Gasteiger partial charge in [-0.05, 0) is 24.0 Å². The maximum absolute atomic E-state index is 5.98. The monoisotopic (exact) mass is 339 g/mol. The summed E-state index contributed by atoms with van der Waals surface area (Å²) in [7, 11) is 0. The summed E-state index contributed by atoms with van der Waals surface area (Å²) < 4.78 is 0. The number of halogens is 1. The first-order valence-electron chi connectivity index (χ1n) is 9.51. The van der Waals surface area contributed by atoms with Crippen LogP contribution in [0.3, 0.4) is 0 Å². The molecule has 0 amide bonds. The average Bonchev–Trinajstić information content (AvgIpc) is 2.56. The van der Waals surface area contributed by atoms with E-state index >= 15 is 0 Å². The van der Waals surface area contributed by atoms with Gasteiger partial charge in [0.2, 0.25) is 0 Å². The molecule has 0 atom stereocenters. The third kappa shape index (κ3) is 11.6. The smallest absolute Gasteiger partial charge is 0.0476 e. The average molecular weight is 340 g/mol. The maximum atomic E-state index is 5.98. The molecule has 0 aliphatic rings. The molecule has 0 heterocycles. The van der Waals surface area contributed by atoms with Gasteiger partial charge in [-0.25, -0.2) is 0 Å². The van der Waals surface area contributed by atoms with Gasteiger partial charge in [0, 0.05) is 5.88 Å². The van der Waals surface area contributed by atoms with Gasteiger partial charge < -0.3 is 6.15 Å². The van der Waals surface area contributed by atoms with Crippen molar-refractivity contribution in [2.45, 2.75) is 96.3 Å². The van der Waals surface area contributed by atoms with Gasteiger partial charge in [0.1, 0.15) is 0 Å². The second-order valence-corrected chi connectivity index (χ2v) is 6.81. The molecule has 0 radical (unpaired) electrons. The highest BCUT2D eigenvalue weighted by Gasteiger charge is 2.00. The molecule has 1 nitrogen and oxygen atoms in total. The Kier molecular flexibility index (Phi) is 16.0. The topological polar surface area (TPSA) is 35.0 Å². The van der Waals surface area contributed by atoms with Crippen LogP contribution in [0.25, 0.3) is 0 Å². The van der Waals surface area contributed by atoms with Crippen LogP contribution in [-0.2, 0) is 12.3 Å². The molecule has 0 spiro atoms. The fourth-order valence-electron chi connectivity index (χ4n) is 3.09. The Morgan fingerprint density at radius 1 is 0.652 bits per heavy atom. The Morgan fingerprint density at radius 2 is 1.09 bits per heavy atom. The van der Waals surface area contributed by atoms with Gasteiger partial charge in [0.05, 0.1) is 0 Å². The van der Waals surface area contributed by atoms with Crippen molar-refractivity contribution in [2.75, 3.05) is 0 Å². The summed E-state index contributed by atoms with van der Waals surface area (Å²) in [4.78, 5) is 0. The number of hydrogen-bond donors (Lipinski definition) is 1. The van der Waals surface area contributed by atoms with E-state index < -0.39 is 0 Å². The van der Waals surface area contributed by atoms with Gasteiger partial charge in [-0.3, -0.25) is 0 Å². The fourth-order valence-corrected chi connectivity index (χ4v) is 3.35. The maximum Gasteiger partial charge on any atom is 0.0476 e. The number of hydrogen-bond acceptors (Lipinski definition) is 1. The van der Waals surface area contributed by atoms with Crippen molar-refractivity contribution >= 4 is 11.6 Å². The van der Waals surface area contributed by atoms with Crippen LogP contribution in [0.15, 0.2) is 24.3 Å². The number of alkyl halides is 1. The largest absolute Gasteiger partial charge is 0.344 e. The molecule has 0 unspecified atom stereocenters. The Bertz CT molecular complexity index is 365. The SMILES string of the molecule is CCCCCCCCCCCCCCc1ccccc1CCl.N. The molecular formula is C21H38ClN. The second-order valence-electron chi connectivity index (χ2n) is 6.54. The van der Waals surface area contributed by atoms with Crippen LogP contribution in [0.2, 0.25) is 0 Å². The van der Waals surface area contributed by atoms with Crippen molar-refractivity contribution in [3.63, 3.8) is 0 Å². The van der Waals surface area contributed by atoms with E-state index in [1.807, 2.05) is 0 Å². The van der Waals surface area contributed by atoms with Gasteiger partial charge in [-0.15, -0.1) is 11.6 Å². The lowest BCUT2D eigenvalue weighted by Gasteiger charge is -2.07. The Labute approximate surface area is 149 Å². The van der Waals surface area contributed by atoms with Crippen molar-refractivity contribution in [2.24, 2.45) is 0 Å². The molecular weight excluding hydrogens is 302 g/mol. The molecule has 0 fully saturated rings. The predicted octanol–water partition coefficient (Wildman–Crippen LogP) is 7.83. The van der Waals surface area contributed by atoms with E-state index in [1.54, 1.807) is 0 Å². The van der Waals surface area contributed by atoms with E-state index in [4.69, 9.17) is 11.6 Å². The van der Waals surface area contributed by atoms with Crippen LogP contribution in [0.1, 0.15) is 95.1 Å². The summed E-state index contributed by atoms with van der Waals surface area (Å²) in [6.45, 7) is 2.29. The molecule has 1 rings (SSSR count). The first-order chi connectivity index (χ1) is 10.9. The lowest BCUT2D eigenvalue weighted by Crippen LogP contribution is -1.92. The molecule has 0 bridgehead atoms. The number of unbranched alkanes of at least 4 members (excludes halogenated alkanes) is 11. The van der Waals surface area contributed by atoms with Crippen LogP contribution < -0.4 is 6.15 Å². The van der Waals surface area contributed by atoms with E-state index in [9.17, 15) is 0 Å². The fraction of sp³-hybridized carbons (Fsp3) is 0.714. The molecule has 0 aliphatic carbocycles. The zero-order valence-electron chi connectivity index (χ0n) is 15.3. The van der Waals surface area contributed by atoms with Crippen molar-refractivity contribution in [3.8, 4) is 0 Å². The van der Waals surface area contributed by atoms with Gasteiger partial charge in [-0.1, -0.05) is 102 Å². The summed E-state index contributed by atoms with van der Waals surface area (Å²) >= 11 is 5.98. The van der Waals surface area contributed by atoms with Crippen LogP contribution in [-0.4, -0.2) is 0 Å². The number of rotatable bonds is 14. The van der Waals surface area contributed by atoms with E-state index in [1.165, 1.54) is 94.6 Å². The Morgan fingerprint density at radius 3 is 1.57 bits per heavy atom. The molecule has 2 heteroatoms. The number of aryl methyl sites for hydroxylation is 1. The van der Waals surface area contributed by atoms with Gasteiger partial charge >= 0.3 is 0 Å². The quantitative estimate of drug-likeness (QED) is 0.272. The lowest BCUT2D eigenvalue weighted by molar-refractivity contribution is 0.544. The van der Waals surface area contributed by atoms with E-state index in [2.05, 4.69) is 31.2 Å². The number of benzene rings is 1. The Balaban J connectivity index is 0.00000484. The molecule has 1 aromatic rings. The molecule has 134 valence electrons. The van der Waals surface area contributed by atoms with Crippen LogP contribution in [0.4, 0.5) is 0 Å². The molecule has 1 aromatic carbocycles. The van der Waals surface area contributed by atoms with Crippen LogP contribution >= 0.6 is 11.6 Å². The lowest BCUT2D eigenvalue weighted by atomic mass is 10.0. The zero-order chi connectivity index (χ0) is 15.9. The van der Waals surface area contributed by atoms with Crippen LogP contribution in [0, 0.1) is 0 Å². The summed E-state index contributed by atoms with van der Waals surface area (Å²) in [5.74, 6) is 0.647. The van der Waals surface area contributed by atoms with E-state index in [-0.39, 0.29) is 6.15 Å². The molecule has 23 heavy (non-hydrogen) atoms. The van der Waals surface area contributed by atoms with E-state index in [0.29, 0.717) is 5.88 Å². The molecule has 0 aromatic heterocycles. The minimum absolute atomic E-state index is 0. The van der Waals surface area contributed by atoms with E-state index in [0.717, 1.165) is 0 Å². The van der Waals surface area contributed by atoms with Crippen molar-refractivity contribution in [3.05, 3.63) is 35.4 Å². The van der Waals surface area contributed by atoms with Gasteiger partial charge in [0.25, 0.3) is 0 Å². The summed E-state index contributed by atoms with van der Waals surface area (Å²) in [5, 5.41) is 0. The second kappa shape index (κ2) is 16.3. The van der Waals surface area contributed by atoms with Crippen molar-refractivity contribution in [1.29, 1.82) is 0 Å². The Hall–Kier alpha value is -0.530. The summed E-state index contributed by atoms with van der Waals surface area (Å²) in [6, 6.07) is 8.61. The highest BCUT2D eigenvalue weighted by Crippen LogP contribution is 2.16. The minimum Gasteiger partial charge on any atom is -0.344 e. The summed E-state index contributed by atoms with van der Waals surface area (Å²) in [5.41, 5.74) is 2.76. The van der Waals surface area contributed by atoms with Crippen molar-refractivity contribution < 1.29 is 0 Å². The minimum atomic E-state index is 0. The predicted molar refractivity (Wildman–Crippen MR) is 106 cm³/mol. The van der Waals surface area contributed by atoms with Gasteiger partial charge in [-0.2, -0.15) is 0 Å². The highest BCUT2D eigenvalue weighted by atomic mass is 35.5. The van der Waals surface area contributed by atoms with Crippen LogP contribution in [0.5, 0.6) is 0 Å². The summed E-state index contributed by atoms with van der Waals surface area (Å²) in [6.07, 6.45) is 18.2. The first-order valence-corrected chi connectivity index (χ1v) is 10.0. The van der Waals surface area contributed by atoms with Gasteiger partial charge in [0.15, 0.2) is 0 Å². The molecule has 0 saturated heterocycles. The van der Waals surface area contributed by atoms with Crippen molar-refractivity contribution in [1.82, 2.24) is 6.15 Å². The molecule has 3 N–H and O–H groups in total. The first kappa shape index (κ1) is 22.5. The highest BCUT2D eigenvalue weighted by molar-refractivity contribution is 6.17. The zero-order valence-corrected chi connectivity index (χ0v) is 16.0.